The van der Waals surface area contributed by atoms with Gasteiger partial charge in [0.25, 0.3) is 0 Å². The summed E-state index contributed by atoms with van der Waals surface area (Å²) in [6.07, 6.45) is 2.80. The Morgan fingerprint density at radius 2 is 1.88 bits per heavy atom. The number of hydrogen-bond acceptors (Lipinski definition) is 3. The van der Waals surface area contributed by atoms with Crippen LogP contribution in [0.25, 0.3) is 0 Å². The van der Waals surface area contributed by atoms with Crippen LogP contribution < -0.4 is 9.46 Å². The molecule has 1 atom stereocenters. The smallest absolute Gasteiger partial charge is 0.208 e. The molecule has 0 aliphatic carbocycles. The molecule has 0 aliphatic heterocycles. The first-order valence-corrected chi connectivity index (χ1v) is 7.40. The first kappa shape index (κ1) is 14.0. The highest BCUT2D eigenvalue weighted by atomic mass is 32.2. The van der Waals surface area contributed by atoms with Crippen LogP contribution in [0.1, 0.15) is 18.9 Å². The first-order chi connectivity index (χ1) is 7.90. The summed E-state index contributed by atoms with van der Waals surface area (Å²) in [6.45, 7) is 1.87. The van der Waals surface area contributed by atoms with Crippen LogP contribution in [0.3, 0.4) is 0 Å². The second-order valence-electron chi connectivity index (χ2n) is 4.18. The highest BCUT2D eigenvalue weighted by Gasteiger charge is 2.08. The summed E-state index contributed by atoms with van der Waals surface area (Å²) in [6, 6.07) is 7.75. The zero-order valence-electron chi connectivity index (χ0n) is 10.4. The third kappa shape index (κ3) is 5.70. The van der Waals surface area contributed by atoms with Crippen molar-refractivity contribution < 1.29 is 13.2 Å². The van der Waals surface area contributed by atoms with Crippen LogP contribution in [0, 0.1) is 0 Å². The molecule has 1 rings (SSSR count). The Hall–Kier alpha value is -1.07. The van der Waals surface area contributed by atoms with Gasteiger partial charge in [0.2, 0.25) is 10.0 Å². The van der Waals surface area contributed by atoms with Crippen LogP contribution in [0.15, 0.2) is 24.3 Å². The molecule has 0 saturated heterocycles. The Bertz CT molecular complexity index is 439. The van der Waals surface area contributed by atoms with Crippen molar-refractivity contribution in [3.05, 3.63) is 29.8 Å². The number of aryl methyl sites for hydroxylation is 1. The van der Waals surface area contributed by atoms with E-state index in [-0.39, 0.29) is 6.04 Å². The molecule has 17 heavy (non-hydrogen) atoms. The zero-order chi connectivity index (χ0) is 12.9. The lowest BCUT2D eigenvalue weighted by Crippen LogP contribution is -2.31. The molecule has 0 fully saturated rings. The van der Waals surface area contributed by atoms with Crippen molar-refractivity contribution in [3.63, 3.8) is 0 Å². The molecule has 96 valence electrons. The first-order valence-electron chi connectivity index (χ1n) is 5.51. The molecule has 0 heterocycles. The van der Waals surface area contributed by atoms with Gasteiger partial charge in [0.05, 0.1) is 13.4 Å². The average Bonchev–Trinajstić information content (AvgIpc) is 2.25. The third-order valence-electron chi connectivity index (χ3n) is 2.44. The summed E-state index contributed by atoms with van der Waals surface area (Å²) >= 11 is 0. The molecule has 1 aromatic carbocycles. The second-order valence-corrected chi connectivity index (χ2v) is 5.96. The predicted octanol–water partition coefficient (Wildman–Crippen LogP) is 1.57. The molecular formula is C12H19NO3S. The lowest BCUT2D eigenvalue weighted by atomic mass is 10.1. The predicted molar refractivity (Wildman–Crippen MR) is 68.8 cm³/mol. The van der Waals surface area contributed by atoms with Gasteiger partial charge in [-0.3, -0.25) is 0 Å². The Balaban J connectivity index is 2.44. The lowest BCUT2D eigenvalue weighted by Gasteiger charge is -2.12. The monoisotopic (exact) mass is 257 g/mol. The van der Waals surface area contributed by atoms with Crippen molar-refractivity contribution in [2.45, 2.75) is 25.8 Å². The van der Waals surface area contributed by atoms with E-state index in [1.165, 1.54) is 11.8 Å². The SMILES string of the molecule is COc1ccc(CC[C@H](C)NS(C)(=O)=O)cc1. The summed E-state index contributed by atoms with van der Waals surface area (Å²) in [5.74, 6) is 0.830. The standard InChI is InChI=1S/C12H19NO3S/c1-10(13-17(3,14)15)4-5-11-6-8-12(16-2)9-7-11/h6-10,13H,4-5H2,1-3H3/t10-/m0/s1. The van der Waals surface area contributed by atoms with Crippen molar-refractivity contribution >= 4 is 10.0 Å². The largest absolute Gasteiger partial charge is 0.497 e. The van der Waals surface area contributed by atoms with E-state index in [2.05, 4.69) is 4.72 Å². The number of methoxy groups -OCH3 is 1. The maximum absolute atomic E-state index is 11.0. The quantitative estimate of drug-likeness (QED) is 0.841. The summed E-state index contributed by atoms with van der Waals surface area (Å²) in [5.41, 5.74) is 1.17. The maximum Gasteiger partial charge on any atom is 0.208 e. The summed E-state index contributed by atoms with van der Waals surface area (Å²) < 4.78 is 29.6. The molecule has 5 heteroatoms. The molecule has 0 amide bonds. The molecule has 1 aromatic rings. The van der Waals surface area contributed by atoms with Crippen molar-refractivity contribution in [3.8, 4) is 5.75 Å². The van der Waals surface area contributed by atoms with Crippen molar-refractivity contribution in [1.82, 2.24) is 4.72 Å². The molecular weight excluding hydrogens is 238 g/mol. The van der Waals surface area contributed by atoms with Gasteiger partial charge in [-0.2, -0.15) is 0 Å². The number of nitrogens with one attached hydrogen (secondary N) is 1. The summed E-state index contributed by atoms with van der Waals surface area (Å²) in [4.78, 5) is 0. The Kier molecular flexibility index (Phi) is 4.96. The van der Waals surface area contributed by atoms with Crippen molar-refractivity contribution in [2.24, 2.45) is 0 Å². The fourth-order valence-electron chi connectivity index (χ4n) is 1.60. The zero-order valence-corrected chi connectivity index (χ0v) is 11.3. The maximum atomic E-state index is 11.0. The van der Waals surface area contributed by atoms with Gasteiger partial charge in [0.1, 0.15) is 5.75 Å². The van der Waals surface area contributed by atoms with E-state index in [9.17, 15) is 8.42 Å². The topological polar surface area (TPSA) is 55.4 Å². The van der Waals surface area contributed by atoms with E-state index in [0.29, 0.717) is 0 Å². The Labute approximate surface area is 103 Å². The average molecular weight is 257 g/mol. The van der Waals surface area contributed by atoms with Gasteiger partial charge in [0.15, 0.2) is 0 Å². The molecule has 0 aromatic heterocycles. The van der Waals surface area contributed by atoms with Crippen molar-refractivity contribution in [1.29, 1.82) is 0 Å². The van der Waals surface area contributed by atoms with E-state index in [1.54, 1.807) is 7.11 Å². The van der Waals surface area contributed by atoms with Crippen molar-refractivity contribution in [2.75, 3.05) is 13.4 Å². The highest BCUT2D eigenvalue weighted by molar-refractivity contribution is 7.88. The summed E-state index contributed by atoms with van der Waals surface area (Å²) in [5, 5.41) is 0. The van der Waals surface area contributed by atoms with Gasteiger partial charge >= 0.3 is 0 Å². The number of hydrogen-bond donors (Lipinski definition) is 1. The van der Waals surface area contributed by atoms with Crippen LogP contribution in [0.5, 0.6) is 5.75 Å². The number of rotatable bonds is 6. The van der Waals surface area contributed by atoms with E-state index in [1.807, 2.05) is 31.2 Å². The normalized spacial score (nSPS) is 13.4. The van der Waals surface area contributed by atoms with E-state index < -0.39 is 10.0 Å². The van der Waals surface area contributed by atoms with E-state index >= 15 is 0 Å². The molecule has 0 spiro atoms. The molecule has 0 saturated carbocycles. The highest BCUT2D eigenvalue weighted by Crippen LogP contribution is 2.13. The van der Waals surface area contributed by atoms with Gasteiger partial charge in [-0.05, 0) is 37.5 Å². The van der Waals surface area contributed by atoms with Crippen LogP contribution in [0.2, 0.25) is 0 Å². The Morgan fingerprint density at radius 3 is 2.35 bits per heavy atom. The van der Waals surface area contributed by atoms with Gasteiger partial charge in [-0.25, -0.2) is 13.1 Å². The second kappa shape index (κ2) is 6.02. The van der Waals surface area contributed by atoms with Crippen LogP contribution in [0.4, 0.5) is 0 Å². The van der Waals surface area contributed by atoms with Gasteiger partial charge in [-0.15, -0.1) is 0 Å². The van der Waals surface area contributed by atoms with Crippen LogP contribution in [-0.4, -0.2) is 27.8 Å². The fraction of sp³-hybridized carbons (Fsp3) is 0.500. The molecule has 4 nitrogen and oxygen atoms in total. The number of sulfonamides is 1. The third-order valence-corrected chi connectivity index (χ3v) is 3.27. The molecule has 1 N–H and O–H groups in total. The van der Waals surface area contributed by atoms with Gasteiger partial charge < -0.3 is 4.74 Å². The van der Waals surface area contributed by atoms with E-state index in [0.717, 1.165) is 18.6 Å². The summed E-state index contributed by atoms with van der Waals surface area (Å²) in [7, 11) is -1.48. The molecule has 0 radical (unpaired) electrons. The minimum Gasteiger partial charge on any atom is -0.497 e. The van der Waals surface area contributed by atoms with Gasteiger partial charge in [-0.1, -0.05) is 12.1 Å². The Morgan fingerprint density at radius 1 is 1.29 bits per heavy atom. The minimum atomic E-state index is -3.11. The van der Waals surface area contributed by atoms with Gasteiger partial charge in [0, 0.05) is 6.04 Å². The van der Waals surface area contributed by atoms with Crippen LogP contribution >= 0.6 is 0 Å². The van der Waals surface area contributed by atoms with Crippen LogP contribution in [-0.2, 0) is 16.4 Å². The van der Waals surface area contributed by atoms with E-state index in [4.69, 9.17) is 4.74 Å². The molecule has 0 aliphatic rings. The minimum absolute atomic E-state index is 0.0490. The molecule has 0 unspecified atom stereocenters. The molecule has 0 bridgehead atoms. The number of ether oxygens (including phenoxy) is 1. The number of benzene rings is 1. The fourth-order valence-corrected chi connectivity index (χ4v) is 2.45. The lowest BCUT2D eigenvalue weighted by molar-refractivity contribution is 0.414.